The summed E-state index contributed by atoms with van der Waals surface area (Å²) in [5.41, 5.74) is 3.20. The van der Waals surface area contributed by atoms with Gasteiger partial charge in [0.05, 0.1) is 11.7 Å². The average Bonchev–Trinajstić information content (AvgIpc) is 3.19. The van der Waals surface area contributed by atoms with Crippen LogP contribution in [0.25, 0.3) is 5.69 Å². The zero-order valence-electron chi connectivity index (χ0n) is 18.3. The number of hydrogen-bond donors (Lipinski definition) is 1. The zero-order chi connectivity index (χ0) is 22.2. The van der Waals surface area contributed by atoms with Crippen LogP contribution in [0.1, 0.15) is 62.5 Å². The highest BCUT2D eigenvalue weighted by Gasteiger charge is 2.22. The Labute approximate surface area is 193 Å². The third-order valence-corrected chi connectivity index (χ3v) is 6.29. The number of nitrogens with zero attached hydrogens (tertiary/aromatic N) is 3. The summed E-state index contributed by atoms with van der Waals surface area (Å²) < 4.78 is 2.02. The Morgan fingerprint density at radius 3 is 2.68 bits per heavy atom. The molecule has 3 rings (SSSR count). The standard InChI is InChI=1S/C24H29ClN4OS/c1-4-5-7-12-22(30)26-18(3)23-27-28-24(31-16-19-10-8-6-9-11-19)29(23)21-15-20(25)14-13-17(21)2/h6,8-11,13-15,18H,4-5,7,12,16H2,1-3H3,(H,26,30). The molecule has 1 unspecified atom stereocenters. The van der Waals surface area contributed by atoms with Gasteiger partial charge in [0.15, 0.2) is 11.0 Å². The van der Waals surface area contributed by atoms with Crippen LogP contribution < -0.4 is 5.32 Å². The largest absolute Gasteiger partial charge is 0.346 e. The summed E-state index contributed by atoms with van der Waals surface area (Å²) in [5.74, 6) is 1.51. The smallest absolute Gasteiger partial charge is 0.220 e. The summed E-state index contributed by atoms with van der Waals surface area (Å²) in [7, 11) is 0. The summed E-state index contributed by atoms with van der Waals surface area (Å²) in [6.07, 6.45) is 3.57. The lowest BCUT2D eigenvalue weighted by Gasteiger charge is -2.18. The van der Waals surface area contributed by atoms with E-state index in [1.807, 2.05) is 54.8 Å². The highest BCUT2D eigenvalue weighted by Crippen LogP contribution is 2.30. The van der Waals surface area contributed by atoms with E-state index in [0.29, 0.717) is 17.3 Å². The second-order valence-corrected chi connectivity index (χ2v) is 9.01. The van der Waals surface area contributed by atoms with Crippen LogP contribution in [0.5, 0.6) is 0 Å². The number of carbonyl (C=O) groups excluding carboxylic acids is 1. The Bertz CT molecular complexity index is 1010. The lowest BCUT2D eigenvalue weighted by molar-refractivity contribution is -0.121. The van der Waals surface area contributed by atoms with Crippen LogP contribution in [-0.2, 0) is 10.5 Å². The van der Waals surface area contributed by atoms with Crippen molar-refractivity contribution in [2.75, 3.05) is 0 Å². The molecule has 164 valence electrons. The van der Waals surface area contributed by atoms with Crippen LogP contribution in [0, 0.1) is 6.92 Å². The second kappa shape index (κ2) is 11.3. The highest BCUT2D eigenvalue weighted by molar-refractivity contribution is 7.98. The van der Waals surface area contributed by atoms with E-state index in [2.05, 4.69) is 34.6 Å². The number of unbranched alkanes of at least 4 members (excludes halogenated alkanes) is 2. The van der Waals surface area contributed by atoms with E-state index in [1.165, 1.54) is 5.56 Å². The van der Waals surface area contributed by atoms with Gasteiger partial charge in [-0.05, 0) is 43.5 Å². The summed E-state index contributed by atoms with van der Waals surface area (Å²) >= 11 is 7.93. The van der Waals surface area contributed by atoms with Gasteiger partial charge in [0.1, 0.15) is 0 Å². The van der Waals surface area contributed by atoms with Gasteiger partial charge >= 0.3 is 0 Å². The Hall–Kier alpha value is -2.31. The number of aryl methyl sites for hydroxylation is 1. The summed E-state index contributed by atoms with van der Waals surface area (Å²) in [6, 6.07) is 15.8. The quantitative estimate of drug-likeness (QED) is 0.288. The van der Waals surface area contributed by atoms with E-state index >= 15 is 0 Å². The van der Waals surface area contributed by atoms with Crippen LogP contribution in [0.4, 0.5) is 0 Å². The summed E-state index contributed by atoms with van der Waals surface area (Å²) in [4.78, 5) is 12.4. The number of halogens is 1. The van der Waals surface area contributed by atoms with Crippen molar-refractivity contribution < 1.29 is 4.79 Å². The highest BCUT2D eigenvalue weighted by atomic mass is 35.5. The van der Waals surface area contributed by atoms with Crippen LogP contribution in [0.3, 0.4) is 0 Å². The first-order chi connectivity index (χ1) is 15.0. The van der Waals surface area contributed by atoms with Gasteiger partial charge in [-0.25, -0.2) is 0 Å². The Morgan fingerprint density at radius 1 is 1.16 bits per heavy atom. The fourth-order valence-corrected chi connectivity index (χ4v) is 4.41. The first kappa shape index (κ1) is 23.4. The normalized spacial score (nSPS) is 12.0. The maximum atomic E-state index is 12.4. The second-order valence-electron chi connectivity index (χ2n) is 7.63. The molecule has 1 atom stereocenters. The molecule has 1 heterocycles. The Morgan fingerprint density at radius 2 is 1.94 bits per heavy atom. The number of rotatable bonds is 10. The van der Waals surface area contributed by atoms with Gasteiger partial charge in [-0.3, -0.25) is 9.36 Å². The molecule has 0 bridgehead atoms. The SMILES string of the molecule is CCCCCC(=O)NC(C)c1nnc(SCc2ccccc2)n1-c1cc(Cl)ccc1C. The van der Waals surface area contributed by atoms with Gasteiger partial charge in [0, 0.05) is 17.2 Å². The van der Waals surface area contributed by atoms with Crippen LogP contribution in [-0.4, -0.2) is 20.7 Å². The molecule has 0 radical (unpaired) electrons. The maximum absolute atomic E-state index is 12.4. The van der Waals surface area contributed by atoms with Crippen molar-refractivity contribution in [3.8, 4) is 5.69 Å². The predicted molar refractivity (Wildman–Crippen MR) is 128 cm³/mol. The maximum Gasteiger partial charge on any atom is 0.220 e. The number of nitrogens with one attached hydrogen (secondary N) is 1. The topological polar surface area (TPSA) is 59.8 Å². The van der Waals surface area contributed by atoms with Gasteiger partial charge in [-0.2, -0.15) is 0 Å². The summed E-state index contributed by atoms with van der Waals surface area (Å²) in [6.45, 7) is 6.11. The average molecular weight is 457 g/mol. The third kappa shape index (κ3) is 6.34. The van der Waals surface area contributed by atoms with Crippen molar-refractivity contribution in [3.05, 3.63) is 70.5 Å². The molecule has 1 aromatic heterocycles. The van der Waals surface area contributed by atoms with Gasteiger partial charge in [0.25, 0.3) is 0 Å². The summed E-state index contributed by atoms with van der Waals surface area (Å²) in [5, 5.41) is 13.4. The Balaban J connectivity index is 1.89. The number of benzene rings is 2. The van der Waals surface area contributed by atoms with Crippen LogP contribution >= 0.6 is 23.4 Å². The van der Waals surface area contributed by atoms with Crippen molar-refractivity contribution in [3.63, 3.8) is 0 Å². The molecule has 3 aromatic rings. The third-order valence-electron chi connectivity index (χ3n) is 5.05. The van der Waals surface area contributed by atoms with Gasteiger partial charge in [0.2, 0.25) is 5.91 Å². The van der Waals surface area contributed by atoms with Gasteiger partial charge < -0.3 is 5.32 Å². The zero-order valence-corrected chi connectivity index (χ0v) is 19.8. The number of aromatic nitrogens is 3. The fourth-order valence-electron chi connectivity index (χ4n) is 3.34. The number of carbonyl (C=O) groups is 1. The van der Waals surface area contributed by atoms with E-state index in [-0.39, 0.29) is 11.9 Å². The van der Waals surface area contributed by atoms with Crippen molar-refractivity contribution in [2.24, 2.45) is 0 Å². The predicted octanol–water partition coefficient (Wildman–Crippen LogP) is 6.28. The molecular formula is C24H29ClN4OS. The molecule has 0 aliphatic rings. The first-order valence-corrected chi connectivity index (χ1v) is 12.0. The molecule has 1 N–H and O–H groups in total. The number of amides is 1. The van der Waals surface area contributed by atoms with E-state index in [4.69, 9.17) is 11.6 Å². The molecule has 0 saturated heterocycles. The number of thioether (sulfide) groups is 1. The lowest BCUT2D eigenvalue weighted by atomic mass is 10.1. The van der Waals surface area contributed by atoms with E-state index in [9.17, 15) is 4.79 Å². The number of hydrogen-bond acceptors (Lipinski definition) is 4. The minimum absolute atomic E-state index is 0.0387. The van der Waals surface area contributed by atoms with E-state index in [0.717, 1.165) is 41.4 Å². The molecule has 0 aliphatic carbocycles. The van der Waals surface area contributed by atoms with Crippen molar-refractivity contribution in [1.82, 2.24) is 20.1 Å². The lowest BCUT2D eigenvalue weighted by Crippen LogP contribution is -2.28. The minimum atomic E-state index is -0.272. The molecule has 5 nitrogen and oxygen atoms in total. The van der Waals surface area contributed by atoms with Crippen LogP contribution in [0.2, 0.25) is 5.02 Å². The van der Waals surface area contributed by atoms with Gasteiger partial charge in [-0.1, -0.05) is 79.5 Å². The van der Waals surface area contributed by atoms with Crippen LogP contribution in [0.15, 0.2) is 53.7 Å². The van der Waals surface area contributed by atoms with E-state index in [1.54, 1.807) is 11.8 Å². The molecule has 7 heteroatoms. The van der Waals surface area contributed by atoms with Crippen molar-refractivity contribution >= 4 is 29.3 Å². The molecule has 2 aromatic carbocycles. The monoisotopic (exact) mass is 456 g/mol. The molecule has 0 aliphatic heterocycles. The molecule has 0 saturated carbocycles. The molecular weight excluding hydrogens is 428 g/mol. The minimum Gasteiger partial charge on any atom is -0.346 e. The van der Waals surface area contributed by atoms with E-state index < -0.39 is 0 Å². The molecule has 0 spiro atoms. The van der Waals surface area contributed by atoms with Crippen molar-refractivity contribution in [1.29, 1.82) is 0 Å². The molecule has 31 heavy (non-hydrogen) atoms. The molecule has 0 fully saturated rings. The fraction of sp³-hybridized carbons (Fsp3) is 0.375. The van der Waals surface area contributed by atoms with Crippen molar-refractivity contribution in [2.45, 2.75) is 63.4 Å². The molecule has 1 amide bonds. The van der Waals surface area contributed by atoms with Gasteiger partial charge in [-0.15, -0.1) is 10.2 Å². The first-order valence-electron chi connectivity index (χ1n) is 10.7. The Kier molecular flexibility index (Phi) is 8.55.